The second kappa shape index (κ2) is 7.25. The van der Waals surface area contributed by atoms with E-state index in [1.807, 2.05) is 44.2 Å². The monoisotopic (exact) mass is 376 g/mol. The molecule has 2 heterocycles. The van der Waals surface area contributed by atoms with Crippen LogP contribution in [0.4, 0.5) is 5.69 Å². The lowest BCUT2D eigenvalue weighted by Crippen LogP contribution is -2.36. The molecule has 26 heavy (non-hydrogen) atoms. The average Bonchev–Trinajstić information content (AvgIpc) is 3.25. The van der Waals surface area contributed by atoms with Crippen LogP contribution in [0.25, 0.3) is 0 Å². The van der Waals surface area contributed by atoms with E-state index in [9.17, 15) is 13.2 Å². The highest BCUT2D eigenvalue weighted by molar-refractivity contribution is 7.89. The number of rotatable bonds is 5. The van der Waals surface area contributed by atoms with Gasteiger partial charge in [0.1, 0.15) is 10.7 Å². The molecule has 0 aliphatic carbocycles. The van der Waals surface area contributed by atoms with E-state index in [0.717, 1.165) is 18.5 Å². The predicted octanol–water partition coefficient (Wildman–Crippen LogP) is 3.43. The van der Waals surface area contributed by atoms with Gasteiger partial charge in [-0.2, -0.15) is 4.31 Å². The van der Waals surface area contributed by atoms with Crippen LogP contribution in [0.5, 0.6) is 0 Å². The zero-order chi connectivity index (χ0) is 18.9. The number of hydrogen-bond donors (Lipinski definition) is 0. The summed E-state index contributed by atoms with van der Waals surface area (Å²) in [6.45, 7) is 6.42. The molecule has 1 fully saturated rings. The minimum atomic E-state index is -3.62. The van der Waals surface area contributed by atoms with E-state index in [4.69, 9.17) is 4.42 Å². The van der Waals surface area contributed by atoms with E-state index >= 15 is 0 Å². The van der Waals surface area contributed by atoms with Crippen LogP contribution >= 0.6 is 0 Å². The maximum Gasteiger partial charge on any atom is 0.294 e. The highest BCUT2D eigenvalue weighted by Crippen LogP contribution is 2.28. The topological polar surface area (TPSA) is 70.8 Å². The van der Waals surface area contributed by atoms with Crippen LogP contribution < -0.4 is 4.90 Å². The molecule has 1 aromatic carbocycles. The molecule has 1 aromatic heterocycles. The number of nitrogens with zero attached hydrogens (tertiary/aromatic N) is 2. The van der Waals surface area contributed by atoms with E-state index in [-0.39, 0.29) is 28.4 Å². The van der Waals surface area contributed by atoms with Gasteiger partial charge in [-0.3, -0.25) is 4.79 Å². The molecule has 1 amide bonds. The Morgan fingerprint density at radius 3 is 2.35 bits per heavy atom. The van der Waals surface area contributed by atoms with Gasteiger partial charge >= 0.3 is 0 Å². The number of hydrogen-bond acceptors (Lipinski definition) is 4. The maximum atomic E-state index is 13.0. The number of carbonyl (C=O) groups excluding carboxylic acids is 1. The number of anilines is 1. The minimum Gasteiger partial charge on any atom is -0.455 e. The SMILES string of the molecule is Cc1oc(C(=O)N(c2ccccc2)C(C)C)cc1S(=O)(=O)N1CCCC1. The molecule has 3 rings (SSSR count). The molecule has 140 valence electrons. The molecule has 2 aromatic rings. The molecular weight excluding hydrogens is 352 g/mol. The van der Waals surface area contributed by atoms with Crippen molar-refractivity contribution in [2.45, 2.75) is 44.6 Å². The molecule has 7 heteroatoms. The number of furan rings is 1. The Balaban J connectivity index is 1.96. The lowest BCUT2D eigenvalue weighted by molar-refractivity contribution is 0.0952. The fourth-order valence-corrected chi connectivity index (χ4v) is 4.93. The fourth-order valence-electron chi connectivity index (χ4n) is 3.25. The minimum absolute atomic E-state index is 0.0397. The second-order valence-electron chi connectivity index (χ2n) is 6.75. The first kappa shape index (κ1) is 18.7. The van der Waals surface area contributed by atoms with Crippen LogP contribution in [0, 0.1) is 6.92 Å². The lowest BCUT2D eigenvalue weighted by Gasteiger charge is -2.25. The summed E-state index contributed by atoms with van der Waals surface area (Å²) < 4.78 is 32.6. The summed E-state index contributed by atoms with van der Waals surface area (Å²) in [5.74, 6) is -0.0629. The Bertz CT molecular complexity index is 882. The molecule has 0 radical (unpaired) electrons. The van der Waals surface area contributed by atoms with Crippen molar-refractivity contribution in [1.82, 2.24) is 4.31 Å². The van der Waals surface area contributed by atoms with Gasteiger partial charge in [-0.1, -0.05) is 18.2 Å². The molecule has 1 aliphatic heterocycles. The average molecular weight is 376 g/mol. The van der Waals surface area contributed by atoms with Gasteiger partial charge in [-0.15, -0.1) is 0 Å². The third kappa shape index (κ3) is 3.41. The second-order valence-corrected chi connectivity index (χ2v) is 8.65. The number of sulfonamides is 1. The zero-order valence-electron chi connectivity index (χ0n) is 15.3. The van der Waals surface area contributed by atoms with Crippen molar-refractivity contribution in [2.24, 2.45) is 0 Å². The summed E-state index contributed by atoms with van der Waals surface area (Å²) in [7, 11) is -3.62. The Labute approximate surface area is 154 Å². The summed E-state index contributed by atoms with van der Waals surface area (Å²) in [5, 5.41) is 0. The normalized spacial score (nSPS) is 15.5. The standard InChI is InChI=1S/C19H24N2O4S/c1-14(2)21(16-9-5-4-6-10-16)19(22)17-13-18(15(3)25-17)26(23,24)20-11-7-8-12-20/h4-6,9-10,13-14H,7-8,11-12H2,1-3H3. The summed E-state index contributed by atoms with van der Waals surface area (Å²) >= 11 is 0. The maximum absolute atomic E-state index is 13.0. The van der Waals surface area contributed by atoms with Crippen LogP contribution in [0.2, 0.25) is 0 Å². The number of carbonyl (C=O) groups is 1. The van der Waals surface area contributed by atoms with Gasteiger partial charge in [0.25, 0.3) is 5.91 Å². The lowest BCUT2D eigenvalue weighted by atomic mass is 10.2. The summed E-state index contributed by atoms with van der Waals surface area (Å²) in [6.07, 6.45) is 1.72. The number of benzene rings is 1. The van der Waals surface area contributed by atoms with Gasteiger partial charge in [0.05, 0.1) is 0 Å². The molecule has 0 bridgehead atoms. The number of para-hydroxylation sites is 1. The van der Waals surface area contributed by atoms with E-state index in [1.54, 1.807) is 11.8 Å². The molecule has 0 saturated carbocycles. The van der Waals surface area contributed by atoms with Gasteiger partial charge in [0, 0.05) is 30.9 Å². The van der Waals surface area contributed by atoms with Crippen LogP contribution in [0.15, 0.2) is 45.7 Å². The summed E-state index contributed by atoms with van der Waals surface area (Å²) in [4.78, 5) is 14.7. The van der Waals surface area contributed by atoms with E-state index < -0.39 is 10.0 Å². The first-order valence-corrected chi connectivity index (χ1v) is 10.3. The first-order chi connectivity index (χ1) is 12.3. The highest BCUT2D eigenvalue weighted by atomic mass is 32.2. The van der Waals surface area contributed by atoms with Crippen LogP contribution in [0.3, 0.4) is 0 Å². The van der Waals surface area contributed by atoms with Crippen LogP contribution in [0.1, 0.15) is 43.0 Å². The number of amides is 1. The van der Waals surface area contributed by atoms with Crippen molar-refractivity contribution in [1.29, 1.82) is 0 Å². The third-order valence-electron chi connectivity index (χ3n) is 4.54. The molecule has 0 atom stereocenters. The summed E-state index contributed by atoms with van der Waals surface area (Å²) in [5.41, 5.74) is 0.741. The highest BCUT2D eigenvalue weighted by Gasteiger charge is 2.33. The molecule has 0 spiro atoms. The van der Waals surface area contributed by atoms with Crippen molar-refractivity contribution in [3.05, 3.63) is 47.9 Å². The van der Waals surface area contributed by atoms with Crippen molar-refractivity contribution < 1.29 is 17.6 Å². The summed E-state index contributed by atoms with van der Waals surface area (Å²) in [6, 6.07) is 10.5. The third-order valence-corrected chi connectivity index (χ3v) is 6.54. The van der Waals surface area contributed by atoms with Gasteiger partial charge in [-0.25, -0.2) is 8.42 Å². The zero-order valence-corrected chi connectivity index (χ0v) is 16.1. The van der Waals surface area contributed by atoms with Crippen molar-refractivity contribution in [3.8, 4) is 0 Å². The molecule has 1 aliphatic rings. The quantitative estimate of drug-likeness (QED) is 0.802. The smallest absolute Gasteiger partial charge is 0.294 e. The van der Waals surface area contributed by atoms with Gasteiger partial charge < -0.3 is 9.32 Å². The Morgan fingerprint density at radius 1 is 1.15 bits per heavy atom. The largest absolute Gasteiger partial charge is 0.455 e. The first-order valence-electron chi connectivity index (χ1n) is 8.81. The van der Waals surface area contributed by atoms with Crippen LogP contribution in [-0.4, -0.2) is 37.8 Å². The van der Waals surface area contributed by atoms with E-state index in [2.05, 4.69) is 0 Å². The number of aryl methyl sites for hydroxylation is 1. The Kier molecular flexibility index (Phi) is 5.20. The van der Waals surface area contributed by atoms with Crippen molar-refractivity contribution in [2.75, 3.05) is 18.0 Å². The van der Waals surface area contributed by atoms with Gasteiger partial charge in [0.15, 0.2) is 5.76 Å². The predicted molar refractivity (Wildman–Crippen MR) is 99.8 cm³/mol. The van der Waals surface area contributed by atoms with Crippen molar-refractivity contribution in [3.63, 3.8) is 0 Å². The molecular formula is C19H24N2O4S. The Hall–Kier alpha value is -2.12. The van der Waals surface area contributed by atoms with E-state index in [1.165, 1.54) is 10.4 Å². The van der Waals surface area contributed by atoms with Crippen LogP contribution in [-0.2, 0) is 10.0 Å². The molecule has 0 unspecified atom stereocenters. The molecule has 6 nitrogen and oxygen atoms in total. The van der Waals surface area contributed by atoms with Gasteiger partial charge in [0.2, 0.25) is 10.0 Å². The molecule has 0 N–H and O–H groups in total. The Morgan fingerprint density at radius 2 is 1.77 bits per heavy atom. The van der Waals surface area contributed by atoms with Crippen molar-refractivity contribution >= 4 is 21.6 Å². The van der Waals surface area contributed by atoms with E-state index in [0.29, 0.717) is 13.1 Å². The van der Waals surface area contributed by atoms with Gasteiger partial charge in [-0.05, 0) is 45.7 Å². The molecule has 1 saturated heterocycles. The fraction of sp³-hybridized carbons (Fsp3) is 0.421.